The van der Waals surface area contributed by atoms with Crippen LogP contribution in [0, 0.1) is 5.92 Å². The highest BCUT2D eigenvalue weighted by atomic mass is 16.6. The summed E-state index contributed by atoms with van der Waals surface area (Å²) < 4.78 is 16.4. The van der Waals surface area contributed by atoms with Gasteiger partial charge in [-0.3, -0.25) is 9.69 Å². The molecule has 0 aromatic heterocycles. The van der Waals surface area contributed by atoms with Crippen LogP contribution in [0.2, 0.25) is 0 Å². The normalized spacial score (nSPS) is 35.1. The second-order valence-electron chi connectivity index (χ2n) is 6.06. The van der Waals surface area contributed by atoms with Gasteiger partial charge in [0.2, 0.25) is 0 Å². The highest BCUT2D eigenvalue weighted by molar-refractivity contribution is 5.81. The lowest BCUT2D eigenvalue weighted by Crippen LogP contribution is -2.48. The first-order valence-electron chi connectivity index (χ1n) is 8.09. The summed E-state index contributed by atoms with van der Waals surface area (Å²) >= 11 is 0. The number of amides is 1. The molecule has 0 N–H and O–H groups in total. The molecular formula is C15H26N2O4. The largest absolute Gasteiger partial charge is 0.379 e. The van der Waals surface area contributed by atoms with Gasteiger partial charge >= 0.3 is 0 Å². The molecule has 3 saturated heterocycles. The van der Waals surface area contributed by atoms with Gasteiger partial charge in [-0.05, 0) is 5.92 Å². The Kier molecular flexibility index (Phi) is 5.11. The van der Waals surface area contributed by atoms with Crippen LogP contribution in [-0.4, -0.2) is 87.1 Å². The fourth-order valence-corrected chi connectivity index (χ4v) is 3.59. The van der Waals surface area contributed by atoms with E-state index in [0.29, 0.717) is 31.8 Å². The minimum atomic E-state index is -0.403. The maximum absolute atomic E-state index is 12.6. The van der Waals surface area contributed by atoms with E-state index in [-0.39, 0.29) is 5.91 Å². The van der Waals surface area contributed by atoms with Crippen molar-refractivity contribution >= 4 is 5.91 Å². The number of ether oxygens (including phenoxy) is 3. The van der Waals surface area contributed by atoms with Crippen molar-refractivity contribution in [3.63, 3.8) is 0 Å². The molecule has 0 spiro atoms. The van der Waals surface area contributed by atoms with Crippen LogP contribution in [0.4, 0.5) is 0 Å². The molecule has 21 heavy (non-hydrogen) atoms. The van der Waals surface area contributed by atoms with Crippen LogP contribution in [0.1, 0.15) is 13.3 Å². The lowest BCUT2D eigenvalue weighted by molar-refractivity contribution is -0.157. The van der Waals surface area contributed by atoms with Crippen molar-refractivity contribution in [3.8, 4) is 0 Å². The number of hydrogen-bond acceptors (Lipinski definition) is 5. The van der Waals surface area contributed by atoms with E-state index < -0.39 is 6.10 Å². The average Bonchev–Trinajstić information content (AvgIpc) is 3.00. The maximum Gasteiger partial charge on any atom is 0.254 e. The molecule has 0 bridgehead atoms. The van der Waals surface area contributed by atoms with Gasteiger partial charge in [-0.2, -0.15) is 0 Å². The van der Waals surface area contributed by atoms with Crippen molar-refractivity contribution in [1.29, 1.82) is 0 Å². The molecule has 120 valence electrons. The maximum atomic E-state index is 12.6. The zero-order chi connectivity index (χ0) is 14.7. The van der Waals surface area contributed by atoms with Gasteiger partial charge in [-0.25, -0.2) is 0 Å². The van der Waals surface area contributed by atoms with Crippen LogP contribution in [0.3, 0.4) is 0 Å². The second-order valence-corrected chi connectivity index (χ2v) is 6.06. The highest BCUT2D eigenvalue weighted by Crippen LogP contribution is 2.26. The molecule has 3 aliphatic rings. The molecular weight excluding hydrogens is 272 g/mol. The number of carbonyl (C=O) groups is 1. The monoisotopic (exact) mass is 298 g/mol. The van der Waals surface area contributed by atoms with Crippen LogP contribution in [0.5, 0.6) is 0 Å². The fraction of sp³-hybridized carbons (Fsp3) is 0.933. The zero-order valence-electron chi connectivity index (χ0n) is 12.8. The quantitative estimate of drug-likeness (QED) is 0.732. The third-order valence-electron chi connectivity index (χ3n) is 4.85. The van der Waals surface area contributed by atoms with Gasteiger partial charge in [0, 0.05) is 32.2 Å². The van der Waals surface area contributed by atoms with Gasteiger partial charge in [0.05, 0.1) is 33.0 Å². The minimum absolute atomic E-state index is 0.101. The Balaban J connectivity index is 1.61. The van der Waals surface area contributed by atoms with E-state index in [1.807, 2.05) is 4.90 Å². The summed E-state index contributed by atoms with van der Waals surface area (Å²) in [4.78, 5) is 17.0. The lowest BCUT2D eigenvalue weighted by Gasteiger charge is -2.34. The van der Waals surface area contributed by atoms with Crippen molar-refractivity contribution in [2.45, 2.75) is 25.5 Å². The van der Waals surface area contributed by atoms with Gasteiger partial charge in [0.25, 0.3) is 5.91 Å². The van der Waals surface area contributed by atoms with Crippen LogP contribution in [0.15, 0.2) is 0 Å². The highest BCUT2D eigenvalue weighted by Gasteiger charge is 2.40. The van der Waals surface area contributed by atoms with Crippen LogP contribution in [-0.2, 0) is 19.0 Å². The summed E-state index contributed by atoms with van der Waals surface area (Å²) in [5.74, 6) is 0.653. The third-order valence-corrected chi connectivity index (χ3v) is 4.85. The Morgan fingerprint density at radius 2 is 1.90 bits per heavy atom. The summed E-state index contributed by atoms with van der Waals surface area (Å²) in [6.07, 6.45) is 0.702. The van der Waals surface area contributed by atoms with Gasteiger partial charge < -0.3 is 19.1 Å². The summed E-state index contributed by atoms with van der Waals surface area (Å²) in [7, 11) is 0. The summed E-state index contributed by atoms with van der Waals surface area (Å²) in [6.45, 7) is 8.96. The lowest BCUT2D eigenvalue weighted by atomic mass is 9.99. The van der Waals surface area contributed by atoms with Crippen LogP contribution < -0.4 is 0 Å². The molecule has 0 aromatic carbocycles. The van der Waals surface area contributed by atoms with E-state index in [1.165, 1.54) is 0 Å². The van der Waals surface area contributed by atoms with E-state index in [0.717, 1.165) is 45.8 Å². The Morgan fingerprint density at radius 3 is 2.57 bits per heavy atom. The van der Waals surface area contributed by atoms with E-state index in [2.05, 4.69) is 11.8 Å². The van der Waals surface area contributed by atoms with E-state index in [9.17, 15) is 4.79 Å². The van der Waals surface area contributed by atoms with E-state index >= 15 is 0 Å². The third kappa shape index (κ3) is 3.39. The first-order chi connectivity index (χ1) is 10.3. The molecule has 1 amide bonds. The molecule has 6 heteroatoms. The SMILES string of the molecule is CC[C@@H]1CN(C(=O)[C@@H]2COCCO2)C[C@H]1N1CCOCC1. The smallest absolute Gasteiger partial charge is 0.254 e. The number of likely N-dealkylation sites (tertiary alicyclic amines) is 1. The van der Waals surface area contributed by atoms with Crippen LogP contribution >= 0.6 is 0 Å². The summed E-state index contributed by atoms with van der Waals surface area (Å²) in [5, 5.41) is 0. The predicted octanol–water partition coefficient (Wildman–Crippen LogP) is -0.0290. The Hall–Kier alpha value is -0.690. The Bertz CT molecular complexity index is 354. The molecule has 0 radical (unpaired) electrons. The molecule has 3 heterocycles. The topological polar surface area (TPSA) is 51.2 Å². The number of hydrogen-bond donors (Lipinski definition) is 0. The average molecular weight is 298 g/mol. The molecule has 0 aliphatic carbocycles. The summed E-state index contributed by atoms with van der Waals surface area (Å²) in [6, 6.07) is 0.465. The van der Waals surface area contributed by atoms with Crippen molar-refractivity contribution in [3.05, 3.63) is 0 Å². The van der Waals surface area contributed by atoms with Crippen molar-refractivity contribution in [1.82, 2.24) is 9.80 Å². The summed E-state index contributed by atoms with van der Waals surface area (Å²) in [5.41, 5.74) is 0. The first kappa shape index (κ1) is 15.2. The number of morpholine rings is 1. The minimum Gasteiger partial charge on any atom is -0.379 e. The molecule has 3 aliphatic heterocycles. The molecule has 6 nitrogen and oxygen atoms in total. The van der Waals surface area contributed by atoms with Gasteiger partial charge in [0.1, 0.15) is 0 Å². The molecule has 3 fully saturated rings. The molecule has 3 atom stereocenters. The second kappa shape index (κ2) is 7.05. The van der Waals surface area contributed by atoms with Gasteiger partial charge in [0.15, 0.2) is 6.10 Å². The van der Waals surface area contributed by atoms with Crippen LogP contribution in [0.25, 0.3) is 0 Å². The van der Waals surface area contributed by atoms with E-state index in [1.54, 1.807) is 0 Å². The number of rotatable bonds is 3. The number of nitrogens with zero attached hydrogens (tertiary/aromatic N) is 2. The van der Waals surface area contributed by atoms with Crippen molar-refractivity contribution in [2.75, 3.05) is 59.2 Å². The van der Waals surface area contributed by atoms with E-state index in [4.69, 9.17) is 14.2 Å². The first-order valence-corrected chi connectivity index (χ1v) is 8.09. The number of carbonyl (C=O) groups excluding carboxylic acids is 1. The Labute approximate surface area is 126 Å². The molecule has 0 saturated carbocycles. The van der Waals surface area contributed by atoms with Gasteiger partial charge in [-0.1, -0.05) is 13.3 Å². The fourth-order valence-electron chi connectivity index (χ4n) is 3.59. The Morgan fingerprint density at radius 1 is 1.10 bits per heavy atom. The molecule has 3 rings (SSSR count). The molecule has 0 aromatic rings. The predicted molar refractivity (Wildman–Crippen MR) is 77.1 cm³/mol. The van der Waals surface area contributed by atoms with Crippen molar-refractivity contribution in [2.24, 2.45) is 5.92 Å². The molecule has 0 unspecified atom stereocenters. The zero-order valence-corrected chi connectivity index (χ0v) is 12.8. The van der Waals surface area contributed by atoms with Gasteiger partial charge in [-0.15, -0.1) is 0 Å². The van der Waals surface area contributed by atoms with Crippen molar-refractivity contribution < 1.29 is 19.0 Å². The standard InChI is InChI=1S/C15H26N2O4/c1-2-12-9-17(15(18)14-11-20-7-8-21-14)10-13(12)16-3-5-19-6-4-16/h12-14H,2-11H2,1H3/t12-,13-,14+/m1/s1.